The third-order valence-corrected chi connectivity index (χ3v) is 8.88. The zero-order valence-electron chi connectivity index (χ0n) is 24.3. The average Bonchev–Trinajstić information content (AvgIpc) is 3.59. The first kappa shape index (κ1) is 30.4. The molecule has 10 heteroatoms. The highest BCUT2D eigenvalue weighted by Gasteiger charge is 2.68. The van der Waals surface area contributed by atoms with Crippen LogP contribution in [0.3, 0.4) is 0 Å². The van der Waals surface area contributed by atoms with Gasteiger partial charge in [-0.3, -0.25) is 14.4 Å². The van der Waals surface area contributed by atoms with E-state index in [9.17, 15) is 24.6 Å². The monoisotopic (exact) mass is 571 g/mol. The number of phenols is 1. The lowest BCUT2D eigenvalue weighted by Crippen LogP contribution is -2.59. The molecule has 1 saturated heterocycles. The van der Waals surface area contributed by atoms with Gasteiger partial charge in [-0.15, -0.1) is 0 Å². The first-order chi connectivity index (χ1) is 19.1. The number of benzene rings is 2. The van der Waals surface area contributed by atoms with Crippen LogP contribution < -0.4 is 10.6 Å². The minimum absolute atomic E-state index is 0.0760. The van der Waals surface area contributed by atoms with Crippen molar-refractivity contribution in [1.82, 2.24) is 15.5 Å². The van der Waals surface area contributed by atoms with Crippen molar-refractivity contribution in [2.45, 2.75) is 90.0 Å². The summed E-state index contributed by atoms with van der Waals surface area (Å²) in [6.07, 6.45) is -1.18. The van der Waals surface area contributed by atoms with Crippen molar-refractivity contribution in [3.8, 4) is 5.75 Å². The third-order valence-electron chi connectivity index (χ3n) is 8.88. The fraction of sp³-hybridized carbons (Fsp3) is 0.516. The number of aliphatic hydroxyl groups is 1. The molecule has 5 atom stereocenters. The average molecular weight is 572 g/mol. The number of alkyl halides is 2. The highest BCUT2D eigenvalue weighted by Crippen LogP contribution is 2.55. The number of halogens is 2. The molecule has 0 radical (unpaired) electrons. The van der Waals surface area contributed by atoms with E-state index in [0.717, 1.165) is 10.5 Å². The van der Waals surface area contributed by atoms with E-state index in [-0.39, 0.29) is 23.8 Å². The molecule has 0 bridgehead atoms. The van der Waals surface area contributed by atoms with Crippen LogP contribution in [-0.2, 0) is 9.59 Å². The minimum Gasteiger partial charge on any atom is -0.508 e. The van der Waals surface area contributed by atoms with Gasteiger partial charge in [0.25, 0.3) is 17.7 Å². The van der Waals surface area contributed by atoms with Crippen LogP contribution in [0.25, 0.3) is 0 Å². The number of nitrogens with one attached hydrogen (secondary N) is 2. The molecule has 8 nitrogen and oxygen atoms in total. The molecule has 1 aliphatic heterocycles. The topological polar surface area (TPSA) is 119 Å². The van der Waals surface area contributed by atoms with E-state index in [1.807, 2.05) is 13.0 Å². The van der Waals surface area contributed by atoms with Crippen molar-refractivity contribution in [3.05, 3.63) is 64.7 Å². The van der Waals surface area contributed by atoms with Crippen LogP contribution in [0.5, 0.6) is 5.75 Å². The van der Waals surface area contributed by atoms with Gasteiger partial charge >= 0.3 is 0 Å². The molecular formula is C31H39F2N3O5. The van der Waals surface area contributed by atoms with Crippen molar-refractivity contribution >= 4 is 17.7 Å². The normalized spacial score (nSPS) is 25.7. The van der Waals surface area contributed by atoms with Crippen LogP contribution in [0.1, 0.15) is 73.5 Å². The van der Waals surface area contributed by atoms with Crippen molar-refractivity contribution in [2.24, 2.45) is 5.41 Å². The van der Waals surface area contributed by atoms with Crippen molar-refractivity contribution < 1.29 is 33.4 Å². The number of amides is 3. The maximum atomic E-state index is 15.3. The summed E-state index contributed by atoms with van der Waals surface area (Å²) >= 11 is 0. The van der Waals surface area contributed by atoms with Gasteiger partial charge in [-0.1, -0.05) is 51.1 Å². The number of rotatable bonds is 8. The molecular weight excluding hydrogens is 532 g/mol. The summed E-state index contributed by atoms with van der Waals surface area (Å²) in [5, 5.41) is 27.4. The van der Waals surface area contributed by atoms with Gasteiger partial charge in [0.1, 0.15) is 11.8 Å². The summed E-state index contributed by atoms with van der Waals surface area (Å²) in [5.41, 5.74) is -1.54. The Labute approximate surface area is 239 Å². The number of phenolic OH excluding ortho intramolecular Hbond substituents is 1. The number of aromatic hydroxyl groups is 1. The Hall–Kier alpha value is -3.53. The molecule has 2 aliphatic rings. The van der Waals surface area contributed by atoms with Crippen LogP contribution in [0, 0.1) is 19.3 Å². The van der Waals surface area contributed by atoms with Crippen LogP contribution in [0.15, 0.2) is 42.5 Å². The molecule has 2 aromatic rings. The molecule has 41 heavy (non-hydrogen) atoms. The van der Waals surface area contributed by atoms with Gasteiger partial charge in [0, 0.05) is 23.1 Å². The van der Waals surface area contributed by atoms with Gasteiger partial charge < -0.3 is 25.7 Å². The summed E-state index contributed by atoms with van der Waals surface area (Å²) in [4.78, 5) is 41.5. The Morgan fingerprint density at radius 3 is 2.37 bits per heavy atom. The lowest BCUT2D eigenvalue weighted by atomic mass is 9.81. The van der Waals surface area contributed by atoms with Gasteiger partial charge in [0.05, 0.1) is 17.5 Å². The molecule has 2 fully saturated rings. The van der Waals surface area contributed by atoms with Gasteiger partial charge in [-0.25, -0.2) is 8.78 Å². The summed E-state index contributed by atoms with van der Waals surface area (Å²) < 4.78 is 30.6. The van der Waals surface area contributed by atoms with E-state index >= 15 is 8.78 Å². The second kappa shape index (κ2) is 10.7. The zero-order chi connectivity index (χ0) is 30.5. The van der Waals surface area contributed by atoms with Crippen LogP contribution in [0.2, 0.25) is 0 Å². The summed E-state index contributed by atoms with van der Waals surface area (Å²) in [5.74, 6) is -6.37. The summed E-state index contributed by atoms with van der Waals surface area (Å²) in [6.45, 7) is 8.31. The number of hydrogen-bond donors (Lipinski definition) is 4. The largest absolute Gasteiger partial charge is 0.508 e. The van der Waals surface area contributed by atoms with Crippen molar-refractivity contribution in [1.29, 1.82) is 0 Å². The molecule has 3 amide bonds. The van der Waals surface area contributed by atoms with E-state index in [4.69, 9.17) is 0 Å². The molecule has 2 aromatic carbocycles. The number of carbonyl (C=O) groups is 3. The third kappa shape index (κ3) is 5.29. The van der Waals surface area contributed by atoms with Crippen LogP contribution >= 0.6 is 0 Å². The van der Waals surface area contributed by atoms with E-state index in [1.165, 1.54) is 19.9 Å². The van der Waals surface area contributed by atoms with Crippen molar-refractivity contribution in [2.75, 3.05) is 6.54 Å². The quantitative estimate of drug-likeness (QED) is 0.384. The van der Waals surface area contributed by atoms with Crippen molar-refractivity contribution in [3.63, 3.8) is 0 Å². The van der Waals surface area contributed by atoms with Gasteiger partial charge in [0.2, 0.25) is 5.91 Å². The standard InChI is InChI=1S/C31H39F2N3O5/c1-7-18(3)34-27(40)24-29(5,6)31(32,33)16-36(24)28(41)25(38)30(15-22(30)20-11-9-8-10-12-20)35-26(39)21-13-17(2)14-23(37)19(21)4/h8-14,18,22,24-25,37-38H,7,15-16H2,1-6H3,(H,34,40)(H,35,39)/t18-,22?,24?,25?,30?/m1/s1. The summed E-state index contributed by atoms with van der Waals surface area (Å²) in [7, 11) is 0. The Morgan fingerprint density at radius 1 is 1.12 bits per heavy atom. The number of hydrogen-bond acceptors (Lipinski definition) is 5. The minimum atomic E-state index is -3.41. The molecule has 4 unspecified atom stereocenters. The molecule has 0 aromatic heterocycles. The fourth-order valence-electron chi connectivity index (χ4n) is 5.82. The molecule has 1 heterocycles. The van der Waals surface area contributed by atoms with E-state index in [2.05, 4.69) is 10.6 Å². The van der Waals surface area contributed by atoms with E-state index in [0.29, 0.717) is 17.5 Å². The predicted molar refractivity (Wildman–Crippen MR) is 150 cm³/mol. The Kier molecular flexibility index (Phi) is 7.94. The summed E-state index contributed by atoms with van der Waals surface area (Å²) in [6, 6.07) is 10.2. The number of nitrogens with zero attached hydrogens (tertiary/aromatic N) is 1. The van der Waals surface area contributed by atoms with E-state index in [1.54, 1.807) is 51.1 Å². The second-order valence-electron chi connectivity index (χ2n) is 12.1. The number of carbonyl (C=O) groups excluding carboxylic acids is 3. The first-order valence-electron chi connectivity index (χ1n) is 13.9. The lowest BCUT2D eigenvalue weighted by Gasteiger charge is -2.35. The molecule has 4 N–H and O–H groups in total. The highest BCUT2D eigenvalue weighted by molar-refractivity contribution is 5.99. The SMILES string of the molecule is CC[C@@H](C)NC(=O)C1N(C(=O)C(O)C2(NC(=O)c3cc(C)cc(O)c3C)CC2c2ccccc2)CC(F)(F)C1(C)C. The van der Waals surface area contributed by atoms with Crippen LogP contribution in [0.4, 0.5) is 8.78 Å². The van der Waals surface area contributed by atoms with Gasteiger partial charge in [-0.05, 0) is 56.9 Å². The maximum Gasteiger partial charge on any atom is 0.272 e. The molecule has 1 saturated carbocycles. The fourth-order valence-corrected chi connectivity index (χ4v) is 5.82. The molecule has 0 spiro atoms. The Morgan fingerprint density at radius 2 is 1.76 bits per heavy atom. The Balaban J connectivity index is 1.71. The second-order valence-corrected chi connectivity index (χ2v) is 12.1. The van der Waals surface area contributed by atoms with Crippen LogP contribution in [-0.4, -0.2) is 69.0 Å². The molecule has 1 aliphatic carbocycles. The lowest BCUT2D eigenvalue weighted by molar-refractivity contribution is -0.149. The predicted octanol–water partition coefficient (Wildman–Crippen LogP) is 3.81. The smallest absolute Gasteiger partial charge is 0.272 e. The Bertz CT molecular complexity index is 1350. The molecule has 222 valence electrons. The number of likely N-dealkylation sites (tertiary alicyclic amines) is 1. The van der Waals surface area contributed by atoms with Gasteiger partial charge in [0.15, 0.2) is 6.10 Å². The highest BCUT2D eigenvalue weighted by atomic mass is 19.3. The maximum absolute atomic E-state index is 15.3. The molecule has 4 rings (SSSR count). The zero-order valence-corrected chi connectivity index (χ0v) is 24.3. The number of aliphatic hydroxyl groups excluding tert-OH is 1. The first-order valence-corrected chi connectivity index (χ1v) is 13.9. The number of aryl methyl sites for hydroxylation is 1. The van der Waals surface area contributed by atoms with E-state index < -0.39 is 59.2 Å². The van der Waals surface area contributed by atoms with Gasteiger partial charge in [-0.2, -0.15) is 0 Å².